The second-order valence-corrected chi connectivity index (χ2v) is 10.6. The van der Waals surface area contributed by atoms with E-state index in [1.165, 1.54) is 21.8 Å². The van der Waals surface area contributed by atoms with Gasteiger partial charge in [0.1, 0.15) is 10.8 Å². The Balaban J connectivity index is 1.57. The number of hydrogen-bond donors (Lipinski definition) is 1. The third kappa shape index (κ3) is 6.13. The van der Waals surface area contributed by atoms with Crippen LogP contribution in [-0.2, 0) is 22.4 Å². The van der Waals surface area contributed by atoms with E-state index in [2.05, 4.69) is 54.2 Å². The van der Waals surface area contributed by atoms with E-state index in [9.17, 15) is 9.59 Å². The maximum Gasteiger partial charge on any atom is 0.341 e. The zero-order chi connectivity index (χ0) is 23.3. The highest BCUT2D eigenvalue weighted by molar-refractivity contribution is 9.10. The summed E-state index contributed by atoms with van der Waals surface area (Å²) in [5.74, 6) is 1.37. The lowest BCUT2D eigenvalue weighted by atomic mass is 9.88. The monoisotopic (exact) mass is 521 g/mol. The number of anilines is 1. The molecule has 1 aromatic carbocycles. The van der Waals surface area contributed by atoms with E-state index in [1.807, 2.05) is 6.07 Å². The van der Waals surface area contributed by atoms with Crippen LogP contribution in [0.2, 0.25) is 0 Å². The van der Waals surface area contributed by atoms with Crippen molar-refractivity contribution in [1.29, 1.82) is 0 Å². The first-order chi connectivity index (χ1) is 15.3. The summed E-state index contributed by atoms with van der Waals surface area (Å²) in [5.41, 5.74) is 2.85. The van der Waals surface area contributed by atoms with E-state index in [0.717, 1.165) is 35.0 Å². The van der Waals surface area contributed by atoms with Crippen molar-refractivity contribution in [2.24, 2.45) is 5.92 Å². The lowest BCUT2D eigenvalue weighted by molar-refractivity contribution is -0.116. The summed E-state index contributed by atoms with van der Waals surface area (Å²) in [7, 11) is 0. The molecule has 1 unspecified atom stereocenters. The Morgan fingerprint density at radius 2 is 2.09 bits per heavy atom. The average molecular weight is 523 g/mol. The zero-order valence-electron chi connectivity index (χ0n) is 19.3. The third-order valence-corrected chi connectivity index (χ3v) is 7.46. The van der Waals surface area contributed by atoms with Crippen molar-refractivity contribution in [3.8, 4) is 5.75 Å². The molecule has 1 amide bonds. The number of rotatable bonds is 9. The number of hydrogen-bond acceptors (Lipinski definition) is 5. The predicted octanol–water partition coefficient (Wildman–Crippen LogP) is 6.73. The molecule has 3 rings (SSSR count). The molecule has 174 valence electrons. The number of benzene rings is 1. The summed E-state index contributed by atoms with van der Waals surface area (Å²) in [6.07, 6.45) is 3.76. The molecule has 0 saturated heterocycles. The van der Waals surface area contributed by atoms with Crippen LogP contribution in [0.5, 0.6) is 5.75 Å². The highest BCUT2D eigenvalue weighted by atomic mass is 79.9. The number of esters is 1. The van der Waals surface area contributed by atoms with Crippen LogP contribution in [0.4, 0.5) is 5.00 Å². The Labute approximate surface area is 203 Å². The van der Waals surface area contributed by atoms with Gasteiger partial charge in [-0.15, -0.1) is 11.3 Å². The molecule has 1 heterocycles. The molecule has 0 saturated carbocycles. The van der Waals surface area contributed by atoms with Crippen LogP contribution in [0.25, 0.3) is 0 Å². The topological polar surface area (TPSA) is 64.6 Å². The fourth-order valence-electron chi connectivity index (χ4n) is 3.86. The molecule has 0 fully saturated rings. The summed E-state index contributed by atoms with van der Waals surface area (Å²) >= 11 is 5.08. The summed E-state index contributed by atoms with van der Waals surface area (Å²) < 4.78 is 12.0. The molecule has 0 radical (unpaired) electrons. The molecule has 2 aromatic rings. The van der Waals surface area contributed by atoms with Crippen LogP contribution in [0.1, 0.15) is 79.2 Å². The zero-order valence-corrected chi connectivity index (χ0v) is 21.7. The minimum absolute atomic E-state index is 0.111. The third-order valence-electron chi connectivity index (χ3n) is 5.67. The van der Waals surface area contributed by atoms with E-state index in [0.29, 0.717) is 48.5 Å². The largest absolute Gasteiger partial charge is 0.492 e. The molecular weight excluding hydrogens is 490 g/mol. The summed E-state index contributed by atoms with van der Waals surface area (Å²) in [4.78, 5) is 26.4. The van der Waals surface area contributed by atoms with E-state index in [1.54, 1.807) is 6.92 Å². The van der Waals surface area contributed by atoms with Gasteiger partial charge in [0, 0.05) is 11.3 Å². The second-order valence-electron chi connectivity index (χ2n) is 8.62. The molecule has 1 atom stereocenters. The Kier molecular flexibility index (Phi) is 8.77. The van der Waals surface area contributed by atoms with Crippen LogP contribution in [0, 0.1) is 5.92 Å². The van der Waals surface area contributed by atoms with Gasteiger partial charge < -0.3 is 14.8 Å². The molecule has 1 aliphatic carbocycles. The fourth-order valence-corrected chi connectivity index (χ4v) is 5.78. The number of nitrogens with one attached hydrogen (secondary N) is 1. The van der Waals surface area contributed by atoms with Crippen molar-refractivity contribution in [2.75, 3.05) is 18.5 Å². The number of thiophene rings is 1. The van der Waals surface area contributed by atoms with E-state index < -0.39 is 0 Å². The van der Waals surface area contributed by atoms with Crippen LogP contribution < -0.4 is 10.1 Å². The highest BCUT2D eigenvalue weighted by Crippen LogP contribution is 2.40. The number of amides is 1. The molecule has 1 N–H and O–H groups in total. The minimum atomic E-state index is -0.340. The first-order valence-electron chi connectivity index (χ1n) is 11.3. The maximum atomic E-state index is 12.6. The van der Waals surface area contributed by atoms with E-state index in [4.69, 9.17) is 9.47 Å². The smallest absolute Gasteiger partial charge is 0.341 e. The first-order valence-corrected chi connectivity index (χ1v) is 12.9. The predicted molar refractivity (Wildman–Crippen MR) is 133 cm³/mol. The fraction of sp³-hybridized carbons (Fsp3) is 0.520. The number of halogens is 1. The molecule has 5 nitrogen and oxygen atoms in total. The molecule has 7 heteroatoms. The molecule has 1 aliphatic rings. The second kappa shape index (κ2) is 11.3. The normalized spacial score (nSPS) is 15.4. The number of carbonyl (C=O) groups excluding carboxylic acids is 2. The summed E-state index contributed by atoms with van der Waals surface area (Å²) in [6.45, 7) is 9.08. The summed E-state index contributed by atoms with van der Waals surface area (Å²) in [5, 5.41) is 3.59. The first kappa shape index (κ1) is 24.8. The van der Waals surface area contributed by atoms with Crippen molar-refractivity contribution in [1.82, 2.24) is 0 Å². The number of fused-ring (bicyclic) bond motifs is 1. The van der Waals surface area contributed by atoms with Crippen molar-refractivity contribution in [3.63, 3.8) is 0 Å². The van der Waals surface area contributed by atoms with Crippen molar-refractivity contribution < 1.29 is 19.1 Å². The van der Waals surface area contributed by atoms with Gasteiger partial charge in [-0.1, -0.05) is 26.8 Å². The Morgan fingerprint density at radius 1 is 1.31 bits per heavy atom. The molecule has 0 bridgehead atoms. The quantitative estimate of drug-likeness (QED) is 0.293. The van der Waals surface area contributed by atoms with Gasteiger partial charge in [-0.25, -0.2) is 4.79 Å². The van der Waals surface area contributed by atoms with Gasteiger partial charge in [-0.2, -0.15) is 0 Å². The van der Waals surface area contributed by atoms with Gasteiger partial charge in [0.05, 0.1) is 23.2 Å². The molecule has 0 aliphatic heterocycles. The molecule has 1 aromatic heterocycles. The van der Waals surface area contributed by atoms with Gasteiger partial charge in [0.25, 0.3) is 0 Å². The lowest BCUT2D eigenvalue weighted by Crippen LogP contribution is -2.17. The maximum absolute atomic E-state index is 12.6. The highest BCUT2D eigenvalue weighted by Gasteiger charge is 2.29. The van der Waals surface area contributed by atoms with Crippen LogP contribution in [-0.4, -0.2) is 25.1 Å². The van der Waals surface area contributed by atoms with E-state index in [-0.39, 0.29) is 11.9 Å². The molecule has 0 spiro atoms. The Bertz CT molecular complexity index is 969. The minimum Gasteiger partial charge on any atom is -0.492 e. The van der Waals surface area contributed by atoms with Crippen molar-refractivity contribution in [2.45, 2.75) is 65.7 Å². The average Bonchev–Trinajstić information content (AvgIpc) is 3.08. The van der Waals surface area contributed by atoms with Gasteiger partial charge in [-0.05, 0) is 83.6 Å². The van der Waals surface area contributed by atoms with Gasteiger partial charge in [0.2, 0.25) is 5.91 Å². The molecule has 32 heavy (non-hydrogen) atoms. The number of carbonyl (C=O) groups is 2. The molecular formula is C25H32BrNO4S. The lowest BCUT2D eigenvalue weighted by Gasteiger charge is -2.18. The van der Waals surface area contributed by atoms with Crippen LogP contribution >= 0.6 is 27.3 Å². The number of ether oxygens (including phenoxy) is 2. The van der Waals surface area contributed by atoms with Crippen molar-refractivity contribution >= 4 is 44.1 Å². The van der Waals surface area contributed by atoms with E-state index >= 15 is 0 Å². The van der Waals surface area contributed by atoms with Gasteiger partial charge in [0.15, 0.2) is 0 Å². The van der Waals surface area contributed by atoms with Gasteiger partial charge >= 0.3 is 5.97 Å². The Morgan fingerprint density at radius 3 is 2.78 bits per heavy atom. The van der Waals surface area contributed by atoms with Crippen LogP contribution in [0.3, 0.4) is 0 Å². The SMILES string of the molecule is CCOC(=O)c1c(NC(=O)CCCOc2ccc(C(C)C)cc2Br)sc2c1CCC(C)C2. The van der Waals surface area contributed by atoms with Gasteiger partial charge in [-0.3, -0.25) is 4.79 Å². The van der Waals surface area contributed by atoms with Crippen molar-refractivity contribution in [3.05, 3.63) is 44.2 Å². The Hall–Kier alpha value is -1.86. The summed E-state index contributed by atoms with van der Waals surface area (Å²) in [6, 6.07) is 6.10. The standard InChI is InChI=1S/C25H32BrNO4S/c1-5-30-25(29)23-18-10-8-16(4)13-21(18)32-24(23)27-22(28)7-6-12-31-20-11-9-17(15(2)3)14-19(20)26/h9,11,14-16H,5-8,10,12-13H2,1-4H3,(H,27,28). The van der Waals surface area contributed by atoms with Crippen LogP contribution in [0.15, 0.2) is 22.7 Å².